The monoisotopic (exact) mass is 447 g/mol. The van der Waals surface area contributed by atoms with Crippen LogP contribution in [0.25, 0.3) is 22.2 Å². The van der Waals surface area contributed by atoms with Gasteiger partial charge in [-0.15, -0.1) is 0 Å². The van der Waals surface area contributed by atoms with Crippen LogP contribution in [-0.2, 0) is 11.3 Å². The topological polar surface area (TPSA) is 54.0 Å². The predicted octanol–water partition coefficient (Wildman–Crippen LogP) is 5.91. The van der Waals surface area contributed by atoms with E-state index in [9.17, 15) is 4.79 Å². The number of para-hydroxylation sites is 1. The van der Waals surface area contributed by atoms with Crippen molar-refractivity contribution in [3.05, 3.63) is 82.3 Å². The van der Waals surface area contributed by atoms with Crippen molar-refractivity contribution in [3.8, 4) is 11.3 Å². The van der Waals surface area contributed by atoms with Crippen LogP contribution < -0.4 is 10.6 Å². The Morgan fingerprint density at radius 3 is 2.59 bits per heavy atom. The van der Waals surface area contributed by atoms with Gasteiger partial charge < -0.3 is 10.6 Å². The van der Waals surface area contributed by atoms with Crippen molar-refractivity contribution in [2.75, 3.05) is 5.32 Å². The second-order valence-electron chi connectivity index (χ2n) is 7.18. The van der Waals surface area contributed by atoms with Gasteiger partial charge in [0.15, 0.2) is 0 Å². The molecule has 29 heavy (non-hydrogen) atoms. The Morgan fingerprint density at radius 2 is 1.83 bits per heavy atom. The standard InChI is InChI=1S/C24H22BrN3O/c1-15(17-9-11-19(25)12-10-17)26-14-18-5-3-8-22-21-7-4-6-20(27-16(2)29)13-23(21)28-24(18)22/h3-13,15,26H,14H2,1-2H3,(H,27,29). The number of carbonyl (C=O) groups is 1. The number of benzene rings is 2. The summed E-state index contributed by atoms with van der Waals surface area (Å²) in [4.78, 5) is 16.3. The predicted molar refractivity (Wildman–Crippen MR) is 122 cm³/mol. The van der Waals surface area contributed by atoms with E-state index in [0.29, 0.717) is 0 Å². The molecule has 5 heteroatoms. The fourth-order valence-corrected chi connectivity index (χ4v) is 3.81. The summed E-state index contributed by atoms with van der Waals surface area (Å²) >= 11 is 3.48. The number of halogens is 1. The molecule has 1 amide bonds. The number of nitrogens with one attached hydrogen (secondary N) is 2. The number of amides is 1. The highest BCUT2D eigenvalue weighted by molar-refractivity contribution is 9.10. The van der Waals surface area contributed by atoms with E-state index in [1.807, 2.05) is 18.2 Å². The van der Waals surface area contributed by atoms with Gasteiger partial charge in [0.1, 0.15) is 0 Å². The van der Waals surface area contributed by atoms with Crippen molar-refractivity contribution in [2.45, 2.75) is 26.4 Å². The van der Waals surface area contributed by atoms with Gasteiger partial charge in [0.05, 0.1) is 11.2 Å². The molecule has 1 unspecified atom stereocenters. The molecule has 2 aromatic rings. The quantitative estimate of drug-likeness (QED) is 0.399. The van der Waals surface area contributed by atoms with E-state index in [4.69, 9.17) is 4.98 Å². The van der Waals surface area contributed by atoms with Gasteiger partial charge in [0, 0.05) is 40.6 Å². The van der Waals surface area contributed by atoms with Gasteiger partial charge in [-0.1, -0.05) is 58.4 Å². The van der Waals surface area contributed by atoms with Gasteiger partial charge in [-0.05, 0) is 42.3 Å². The summed E-state index contributed by atoms with van der Waals surface area (Å²) in [6.07, 6.45) is 0. The highest BCUT2D eigenvalue weighted by Crippen LogP contribution is 2.33. The number of hydrogen-bond donors (Lipinski definition) is 2. The molecule has 1 atom stereocenters. The molecule has 0 bridgehead atoms. The third-order valence-electron chi connectivity index (χ3n) is 5.04. The minimum Gasteiger partial charge on any atom is -0.326 e. The summed E-state index contributed by atoms with van der Waals surface area (Å²) in [6.45, 7) is 4.40. The van der Waals surface area contributed by atoms with Crippen molar-refractivity contribution in [3.63, 3.8) is 0 Å². The van der Waals surface area contributed by atoms with Gasteiger partial charge >= 0.3 is 0 Å². The largest absolute Gasteiger partial charge is 0.326 e. The zero-order chi connectivity index (χ0) is 20.4. The van der Waals surface area contributed by atoms with Crippen molar-refractivity contribution in [2.24, 2.45) is 0 Å². The first-order chi connectivity index (χ1) is 14.0. The molecule has 2 N–H and O–H groups in total. The molecule has 0 spiro atoms. The molecule has 0 radical (unpaired) electrons. The molecular weight excluding hydrogens is 426 g/mol. The van der Waals surface area contributed by atoms with E-state index < -0.39 is 0 Å². The van der Waals surface area contributed by atoms with E-state index in [0.717, 1.165) is 44.4 Å². The maximum atomic E-state index is 11.4. The number of fused-ring (bicyclic) bond motifs is 3. The Bertz CT molecular complexity index is 1140. The van der Waals surface area contributed by atoms with E-state index in [-0.39, 0.29) is 11.9 Å². The lowest BCUT2D eigenvalue weighted by Crippen LogP contribution is -2.18. The summed E-state index contributed by atoms with van der Waals surface area (Å²) in [7, 11) is 0. The Morgan fingerprint density at radius 1 is 1.07 bits per heavy atom. The number of rotatable bonds is 5. The van der Waals surface area contributed by atoms with Crippen LogP contribution in [0, 0.1) is 0 Å². The zero-order valence-electron chi connectivity index (χ0n) is 16.4. The molecule has 4 rings (SSSR count). The minimum atomic E-state index is -0.0905. The molecule has 2 aromatic carbocycles. The van der Waals surface area contributed by atoms with Crippen LogP contribution in [0.3, 0.4) is 0 Å². The molecular formula is C24H22BrN3O. The molecule has 2 aliphatic rings. The van der Waals surface area contributed by atoms with Crippen LogP contribution in [0.15, 0.2) is 71.2 Å². The third kappa shape index (κ3) is 4.31. The van der Waals surface area contributed by atoms with Gasteiger partial charge in [-0.3, -0.25) is 4.79 Å². The number of carbonyl (C=O) groups excluding carboxylic acids is 1. The lowest BCUT2D eigenvalue weighted by atomic mass is 10.1. The first kappa shape index (κ1) is 19.6. The van der Waals surface area contributed by atoms with Crippen LogP contribution in [0.4, 0.5) is 5.69 Å². The summed E-state index contributed by atoms with van der Waals surface area (Å²) in [6, 6.07) is 22.7. The van der Waals surface area contributed by atoms with Crippen LogP contribution >= 0.6 is 15.9 Å². The summed E-state index contributed by atoms with van der Waals surface area (Å²) in [5, 5.41) is 7.57. The van der Waals surface area contributed by atoms with Crippen molar-refractivity contribution >= 4 is 38.4 Å². The number of aromatic nitrogens is 1. The first-order valence-electron chi connectivity index (χ1n) is 9.59. The summed E-state index contributed by atoms with van der Waals surface area (Å²) in [5.41, 5.74) is 6.11. The molecule has 1 aliphatic carbocycles. The Balaban J connectivity index is 1.64. The van der Waals surface area contributed by atoms with Crippen molar-refractivity contribution in [1.82, 2.24) is 10.3 Å². The molecule has 1 heterocycles. The SMILES string of the molecule is CC(=O)Nc1cccc2c3cccc(CNC(C)c4ccc(Br)cc4)c3nc-2c1. The molecule has 0 saturated carbocycles. The van der Waals surface area contributed by atoms with Gasteiger partial charge in [0.2, 0.25) is 5.91 Å². The van der Waals surface area contributed by atoms with E-state index in [1.54, 1.807) is 0 Å². The van der Waals surface area contributed by atoms with E-state index >= 15 is 0 Å². The van der Waals surface area contributed by atoms with Crippen LogP contribution in [0.2, 0.25) is 0 Å². The van der Waals surface area contributed by atoms with E-state index in [1.165, 1.54) is 12.5 Å². The Hall–Kier alpha value is -2.76. The fourth-order valence-electron chi connectivity index (χ4n) is 3.54. The van der Waals surface area contributed by atoms with E-state index in [2.05, 4.69) is 82.0 Å². The van der Waals surface area contributed by atoms with Crippen molar-refractivity contribution in [1.29, 1.82) is 0 Å². The number of hydrogen-bond acceptors (Lipinski definition) is 3. The maximum Gasteiger partial charge on any atom is 0.221 e. The summed E-state index contributed by atoms with van der Waals surface area (Å²) in [5.74, 6) is -0.0905. The maximum absolute atomic E-state index is 11.4. The number of anilines is 1. The second-order valence-corrected chi connectivity index (χ2v) is 8.10. The second kappa shape index (κ2) is 8.31. The van der Waals surface area contributed by atoms with Crippen LogP contribution in [0.1, 0.15) is 31.0 Å². The normalized spacial score (nSPS) is 12.2. The molecule has 146 valence electrons. The fraction of sp³-hybridized carbons (Fsp3) is 0.167. The minimum absolute atomic E-state index is 0.0905. The van der Waals surface area contributed by atoms with Crippen molar-refractivity contribution < 1.29 is 4.79 Å². The molecule has 0 fully saturated rings. The van der Waals surface area contributed by atoms with Gasteiger partial charge in [-0.25, -0.2) is 4.98 Å². The molecule has 0 aromatic heterocycles. The first-order valence-corrected chi connectivity index (χ1v) is 10.4. The van der Waals surface area contributed by atoms with Crippen LogP contribution in [0.5, 0.6) is 0 Å². The average molecular weight is 448 g/mol. The average Bonchev–Trinajstić information content (AvgIpc) is 2.92. The number of nitrogens with zero attached hydrogens (tertiary/aromatic N) is 1. The van der Waals surface area contributed by atoms with Crippen LogP contribution in [-0.4, -0.2) is 10.9 Å². The molecule has 1 aliphatic heterocycles. The molecule has 4 nitrogen and oxygen atoms in total. The zero-order valence-corrected chi connectivity index (χ0v) is 18.0. The highest BCUT2D eigenvalue weighted by Gasteiger charge is 2.15. The van der Waals surface area contributed by atoms with Gasteiger partial charge in [0.25, 0.3) is 0 Å². The third-order valence-corrected chi connectivity index (χ3v) is 5.57. The molecule has 0 saturated heterocycles. The lowest BCUT2D eigenvalue weighted by Gasteiger charge is -2.14. The Labute approximate surface area is 178 Å². The smallest absolute Gasteiger partial charge is 0.221 e. The summed E-state index contributed by atoms with van der Waals surface area (Å²) < 4.78 is 1.08. The highest BCUT2D eigenvalue weighted by atomic mass is 79.9. The lowest BCUT2D eigenvalue weighted by molar-refractivity contribution is -0.114. The Kier molecular flexibility index (Phi) is 5.60. The van der Waals surface area contributed by atoms with Gasteiger partial charge in [-0.2, -0.15) is 0 Å².